The molecule has 0 spiro atoms. The van der Waals surface area contributed by atoms with Crippen molar-refractivity contribution in [1.29, 1.82) is 10.5 Å². The van der Waals surface area contributed by atoms with Crippen molar-refractivity contribution < 1.29 is 0 Å². The van der Waals surface area contributed by atoms with Crippen LogP contribution in [-0.2, 0) is 0 Å². The summed E-state index contributed by atoms with van der Waals surface area (Å²) in [7, 11) is 0. The number of halogens is 1. The molecule has 0 amide bonds. The topological polar surface area (TPSA) is 72.5 Å². The largest absolute Gasteiger partial charge is 0.338 e. The molecule has 1 aromatic carbocycles. The Kier molecular flexibility index (Phi) is 3.79. The number of rotatable bonds is 2. The highest BCUT2D eigenvalue weighted by Gasteiger charge is 2.09. The van der Waals surface area contributed by atoms with Crippen LogP contribution in [0.4, 0.5) is 11.5 Å². The summed E-state index contributed by atoms with van der Waals surface area (Å²) in [6.45, 7) is 1.85. The summed E-state index contributed by atoms with van der Waals surface area (Å²) in [6, 6.07) is 11.3. The second kappa shape index (κ2) is 5.51. The molecule has 0 unspecified atom stereocenters. The Morgan fingerprint density at radius 3 is 2.68 bits per heavy atom. The standard InChI is InChI=1S/C14H9BrN4/c1-9-4-5-18-14(12(9)8-17)19-13-3-2-11(15)6-10(13)7-16/h2-6H,1H3,(H,18,19). The molecule has 19 heavy (non-hydrogen) atoms. The van der Waals surface area contributed by atoms with Gasteiger partial charge in [-0.25, -0.2) is 4.98 Å². The molecule has 4 nitrogen and oxygen atoms in total. The maximum atomic E-state index is 9.15. The quantitative estimate of drug-likeness (QED) is 0.918. The van der Waals surface area contributed by atoms with Gasteiger partial charge in [-0.1, -0.05) is 15.9 Å². The predicted octanol–water partition coefficient (Wildman–Crippen LogP) is 3.64. The van der Waals surface area contributed by atoms with E-state index < -0.39 is 0 Å². The normalized spacial score (nSPS) is 9.47. The first-order valence-electron chi connectivity index (χ1n) is 5.48. The first kappa shape index (κ1) is 13.1. The van der Waals surface area contributed by atoms with Crippen molar-refractivity contribution in [3.63, 3.8) is 0 Å². The van der Waals surface area contributed by atoms with Gasteiger partial charge in [-0.3, -0.25) is 0 Å². The molecule has 0 radical (unpaired) electrons. The number of hydrogen-bond donors (Lipinski definition) is 1. The van der Waals surface area contributed by atoms with Crippen molar-refractivity contribution in [3.05, 3.63) is 51.6 Å². The summed E-state index contributed by atoms with van der Waals surface area (Å²) in [4.78, 5) is 4.15. The minimum atomic E-state index is 0.460. The van der Waals surface area contributed by atoms with Crippen molar-refractivity contribution in [2.45, 2.75) is 6.92 Å². The summed E-state index contributed by atoms with van der Waals surface area (Å²) in [5.41, 5.74) is 2.44. The molecule has 1 heterocycles. The van der Waals surface area contributed by atoms with Crippen LogP contribution >= 0.6 is 15.9 Å². The van der Waals surface area contributed by atoms with Gasteiger partial charge in [0.25, 0.3) is 0 Å². The van der Waals surface area contributed by atoms with Crippen molar-refractivity contribution in [2.75, 3.05) is 5.32 Å². The lowest BCUT2D eigenvalue weighted by Crippen LogP contribution is -2.00. The molecular formula is C14H9BrN4. The van der Waals surface area contributed by atoms with Crippen LogP contribution < -0.4 is 5.32 Å². The molecule has 0 aliphatic rings. The molecule has 0 saturated heterocycles. The molecule has 0 fully saturated rings. The van der Waals surface area contributed by atoms with E-state index in [-0.39, 0.29) is 0 Å². The van der Waals surface area contributed by atoms with E-state index in [9.17, 15) is 0 Å². The van der Waals surface area contributed by atoms with Gasteiger partial charge >= 0.3 is 0 Å². The molecule has 0 bridgehead atoms. The minimum Gasteiger partial charge on any atom is -0.338 e. The van der Waals surface area contributed by atoms with E-state index in [0.717, 1.165) is 10.0 Å². The Hall–Kier alpha value is -2.37. The zero-order valence-electron chi connectivity index (χ0n) is 10.1. The second-order valence-corrected chi connectivity index (χ2v) is 4.81. The van der Waals surface area contributed by atoms with Gasteiger partial charge < -0.3 is 5.32 Å². The van der Waals surface area contributed by atoms with Crippen molar-refractivity contribution in [2.24, 2.45) is 0 Å². The van der Waals surface area contributed by atoms with Crippen LogP contribution in [0.15, 0.2) is 34.9 Å². The lowest BCUT2D eigenvalue weighted by atomic mass is 10.1. The fraction of sp³-hybridized carbons (Fsp3) is 0.0714. The number of nitrogens with zero attached hydrogens (tertiary/aromatic N) is 3. The summed E-state index contributed by atoms with van der Waals surface area (Å²) in [5, 5.41) is 21.3. The third-order valence-electron chi connectivity index (χ3n) is 2.63. The zero-order valence-corrected chi connectivity index (χ0v) is 11.7. The molecule has 1 aromatic heterocycles. The van der Waals surface area contributed by atoms with Crippen molar-refractivity contribution in [1.82, 2.24) is 4.98 Å². The first-order chi connectivity index (χ1) is 9.15. The highest BCUT2D eigenvalue weighted by atomic mass is 79.9. The van der Waals surface area contributed by atoms with E-state index >= 15 is 0 Å². The maximum Gasteiger partial charge on any atom is 0.148 e. The fourth-order valence-corrected chi connectivity index (χ4v) is 2.00. The molecule has 0 aliphatic heterocycles. The van der Waals surface area contributed by atoms with Crippen LogP contribution in [0.25, 0.3) is 0 Å². The molecular weight excluding hydrogens is 304 g/mol. The first-order valence-corrected chi connectivity index (χ1v) is 6.27. The maximum absolute atomic E-state index is 9.15. The second-order valence-electron chi connectivity index (χ2n) is 3.89. The van der Waals surface area contributed by atoms with Crippen molar-refractivity contribution >= 4 is 27.4 Å². The van der Waals surface area contributed by atoms with Gasteiger partial charge in [-0.2, -0.15) is 10.5 Å². The van der Waals surface area contributed by atoms with E-state index in [1.807, 2.05) is 13.0 Å². The van der Waals surface area contributed by atoms with Crippen LogP contribution in [-0.4, -0.2) is 4.98 Å². The van der Waals surface area contributed by atoms with Crippen molar-refractivity contribution in [3.8, 4) is 12.1 Å². The van der Waals surface area contributed by atoms with Gasteiger partial charge in [0.05, 0.1) is 16.8 Å². The number of benzene rings is 1. The summed E-state index contributed by atoms with van der Waals surface area (Å²) >= 11 is 3.32. The number of aromatic nitrogens is 1. The van der Waals surface area contributed by atoms with Crippen LogP contribution in [0.2, 0.25) is 0 Å². The summed E-state index contributed by atoms with van der Waals surface area (Å²) < 4.78 is 0.826. The fourth-order valence-electron chi connectivity index (χ4n) is 1.64. The number of hydrogen-bond acceptors (Lipinski definition) is 4. The SMILES string of the molecule is Cc1ccnc(Nc2ccc(Br)cc2C#N)c1C#N. The van der Waals surface area contributed by atoms with Gasteiger partial charge in [0.1, 0.15) is 18.0 Å². The minimum absolute atomic E-state index is 0.460. The zero-order chi connectivity index (χ0) is 13.8. The smallest absolute Gasteiger partial charge is 0.148 e. The Bertz CT molecular complexity index is 710. The number of nitriles is 2. The number of anilines is 2. The molecule has 0 saturated carbocycles. The molecule has 2 rings (SSSR count). The monoisotopic (exact) mass is 312 g/mol. The van der Waals surface area contributed by atoms with Gasteiger partial charge in [-0.15, -0.1) is 0 Å². The highest BCUT2D eigenvalue weighted by Crippen LogP contribution is 2.25. The number of nitrogens with one attached hydrogen (secondary N) is 1. The van der Waals surface area contributed by atoms with E-state index in [1.165, 1.54) is 0 Å². The number of pyridine rings is 1. The lowest BCUT2D eigenvalue weighted by molar-refractivity contribution is 1.24. The molecule has 2 aromatic rings. The Morgan fingerprint density at radius 1 is 1.21 bits per heavy atom. The van der Waals surface area contributed by atoms with Crippen LogP contribution in [0, 0.1) is 29.6 Å². The van der Waals surface area contributed by atoms with E-state index in [2.05, 4.69) is 38.4 Å². The number of aryl methyl sites for hydroxylation is 1. The molecule has 92 valence electrons. The average Bonchev–Trinajstić information content (AvgIpc) is 2.41. The molecule has 1 N–H and O–H groups in total. The molecule has 5 heteroatoms. The molecule has 0 aliphatic carbocycles. The molecule has 0 atom stereocenters. The Labute approximate surface area is 119 Å². The third-order valence-corrected chi connectivity index (χ3v) is 3.12. The van der Waals surface area contributed by atoms with Crippen LogP contribution in [0.3, 0.4) is 0 Å². The van der Waals surface area contributed by atoms with E-state index in [0.29, 0.717) is 22.6 Å². The predicted molar refractivity (Wildman–Crippen MR) is 75.8 cm³/mol. The Morgan fingerprint density at radius 2 is 2.00 bits per heavy atom. The van der Waals surface area contributed by atoms with Crippen LogP contribution in [0.1, 0.15) is 16.7 Å². The van der Waals surface area contributed by atoms with E-state index in [1.54, 1.807) is 24.4 Å². The highest BCUT2D eigenvalue weighted by molar-refractivity contribution is 9.10. The summed E-state index contributed by atoms with van der Waals surface area (Å²) in [5.74, 6) is 0.460. The Balaban J connectivity index is 2.46. The van der Waals surface area contributed by atoms with Crippen LogP contribution in [0.5, 0.6) is 0 Å². The van der Waals surface area contributed by atoms with Gasteiger partial charge in [0.2, 0.25) is 0 Å². The van der Waals surface area contributed by atoms with Gasteiger partial charge in [0.15, 0.2) is 0 Å². The lowest BCUT2D eigenvalue weighted by Gasteiger charge is -2.10. The van der Waals surface area contributed by atoms with Gasteiger partial charge in [0, 0.05) is 10.7 Å². The average molecular weight is 313 g/mol. The van der Waals surface area contributed by atoms with E-state index in [4.69, 9.17) is 10.5 Å². The summed E-state index contributed by atoms with van der Waals surface area (Å²) in [6.07, 6.45) is 1.63. The van der Waals surface area contributed by atoms with Gasteiger partial charge in [-0.05, 0) is 36.8 Å². The third kappa shape index (κ3) is 2.73.